The van der Waals surface area contributed by atoms with Gasteiger partial charge in [0, 0.05) is 17.6 Å². The molecule has 1 amide bonds. The van der Waals surface area contributed by atoms with Crippen molar-refractivity contribution < 1.29 is 9.53 Å². The van der Waals surface area contributed by atoms with Gasteiger partial charge in [0.1, 0.15) is 5.75 Å². The maximum atomic E-state index is 11.8. The number of benzene rings is 1. The molecule has 0 aromatic heterocycles. The van der Waals surface area contributed by atoms with Gasteiger partial charge < -0.3 is 15.0 Å². The van der Waals surface area contributed by atoms with Crippen LogP contribution in [0, 0.1) is 0 Å². The molecule has 0 radical (unpaired) electrons. The summed E-state index contributed by atoms with van der Waals surface area (Å²) in [7, 11) is 0. The average molecular weight is 378 g/mol. The third kappa shape index (κ3) is 4.33. The highest BCUT2D eigenvalue weighted by atomic mass is 79.9. The van der Waals surface area contributed by atoms with Crippen LogP contribution in [0.25, 0.3) is 0 Å². The number of hydrogen-bond donors (Lipinski definition) is 1. The molecule has 4 nitrogen and oxygen atoms in total. The highest BCUT2D eigenvalue weighted by molar-refractivity contribution is 9.10. The van der Waals surface area contributed by atoms with E-state index in [9.17, 15) is 4.79 Å². The molecule has 1 heterocycles. The fourth-order valence-corrected chi connectivity index (χ4v) is 2.91. The summed E-state index contributed by atoms with van der Waals surface area (Å²) in [6, 6.07) is 5.22. The molecule has 7 heteroatoms. The van der Waals surface area contributed by atoms with Crippen LogP contribution in [-0.4, -0.2) is 35.6 Å². The number of nitrogens with zero attached hydrogens (tertiary/aromatic N) is 1. The molecule has 0 bridgehead atoms. The molecule has 1 aliphatic heterocycles. The van der Waals surface area contributed by atoms with Crippen molar-refractivity contribution in [3.05, 3.63) is 27.7 Å². The molecule has 1 N–H and O–H groups in total. The molecule has 0 atom stereocenters. The minimum atomic E-state index is -0.277. The van der Waals surface area contributed by atoms with Crippen LogP contribution in [0.5, 0.6) is 5.75 Å². The summed E-state index contributed by atoms with van der Waals surface area (Å²) in [6.07, 6.45) is 2.22. The van der Waals surface area contributed by atoms with E-state index < -0.39 is 0 Å². The molecule has 1 aliphatic rings. The van der Waals surface area contributed by atoms with E-state index in [1.54, 1.807) is 18.2 Å². The molecule has 0 aliphatic carbocycles. The molecule has 2 rings (SSSR count). The lowest BCUT2D eigenvalue weighted by molar-refractivity contribution is -0.121. The molecule has 0 spiro atoms. The van der Waals surface area contributed by atoms with Crippen LogP contribution in [0.1, 0.15) is 12.8 Å². The summed E-state index contributed by atoms with van der Waals surface area (Å²) in [4.78, 5) is 13.7. The van der Waals surface area contributed by atoms with Crippen molar-refractivity contribution in [1.29, 1.82) is 0 Å². The number of halogens is 2. The monoisotopic (exact) mass is 376 g/mol. The molecular formula is C13H14BrClN2O2S. The topological polar surface area (TPSA) is 41.6 Å². The standard InChI is InChI=1S/C13H14BrClN2O2S/c14-9-3-4-11(10(15)7-9)19-8-12(18)16-13(20)17-5-1-2-6-17/h3-4,7H,1-2,5-6,8H2,(H,16,18,20). The number of nitrogens with one attached hydrogen (secondary N) is 1. The zero-order valence-electron chi connectivity index (χ0n) is 10.7. The maximum absolute atomic E-state index is 11.8. The van der Waals surface area contributed by atoms with E-state index in [-0.39, 0.29) is 12.5 Å². The lowest BCUT2D eigenvalue weighted by atomic mass is 10.3. The van der Waals surface area contributed by atoms with Crippen molar-refractivity contribution in [2.45, 2.75) is 12.8 Å². The van der Waals surface area contributed by atoms with Crippen LogP contribution in [0.2, 0.25) is 5.02 Å². The van der Waals surface area contributed by atoms with E-state index in [1.807, 2.05) is 4.90 Å². The third-order valence-electron chi connectivity index (χ3n) is 2.89. The van der Waals surface area contributed by atoms with Crippen molar-refractivity contribution in [2.24, 2.45) is 0 Å². The second kappa shape index (κ2) is 7.24. The first-order valence-corrected chi connectivity index (χ1v) is 7.81. The molecule has 1 saturated heterocycles. The van der Waals surface area contributed by atoms with Gasteiger partial charge in [0.05, 0.1) is 5.02 Å². The molecule has 1 fully saturated rings. The summed E-state index contributed by atoms with van der Waals surface area (Å²) < 4.78 is 6.23. The highest BCUT2D eigenvalue weighted by Gasteiger charge is 2.16. The Kier molecular flexibility index (Phi) is 5.63. The Labute approximate surface area is 136 Å². The predicted octanol–water partition coefficient (Wildman–Crippen LogP) is 2.98. The minimum absolute atomic E-state index is 0.116. The summed E-state index contributed by atoms with van der Waals surface area (Å²) in [5.41, 5.74) is 0. The number of rotatable bonds is 3. The second-order valence-electron chi connectivity index (χ2n) is 4.41. The fraction of sp³-hybridized carbons (Fsp3) is 0.385. The Morgan fingerprint density at radius 1 is 1.45 bits per heavy atom. The highest BCUT2D eigenvalue weighted by Crippen LogP contribution is 2.27. The van der Waals surface area contributed by atoms with Crippen molar-refractivity contribution >= 4 is 50.8 Å². The Bertz CT molecular complexity index is 521. The van der Waals surface area contributed by atoms with Gasteiger partial charge in [-0.3, -0.25) is 4.79 Å². The van der Waals surface area contributed by atoms with Crippen LogP contribution >= 0.6 is 39.7 Å². The number of carbonyl (C=O) groups is 1. The van der Waals surface area contributed by atoms with E-state index >= 15 is 0 Å². The maximum Gasteiger partial charge on any atom is 0.264 e. The molecule has 0 saturated carbocycles. The van der Waals surface area contributed by atoms with Crippen molar-refractivity contribution in [3.8, 4) is 5.75 Å². The summed E-state index contributed by atoms with van der Waals surface area (Å²) >= 11 is 14.5. The van der Waals surface area contributed by atoms with Gasteiger partial charge >= 0.3 is 0 Å². The van der Waals surface area contributed by atoms with Gasteiger partial charge in [0.2, 0.25) is 0 Å². The second-order valence-corrected chi connectivity index (χ2v) is 6.12. The summed E-state index contributed by atoms with van der Waals surface area (Å²) in [6.45, 7) is 1.69. The molecule has 108 valence electrons. The number of carbonyl (C=O) groups excluding carboxylic acids is 1. The first-order chi connectivity index (χ1) is 9.56. The molecular weight excluding hydrogens is 364 g/mol. The number of likely N-dealkylation sites (tertiary alicyclic amines) is 1. The van der Waals surface area contributed by atoms with Gasteiger partial charge in [-0.15, -0.1) is 0 Å². The normalized spacial score (nSPS) is 14.2. The van der Waals surface area contributed by atoms with E-state index in [4.69, 9.17) is 28.6 Å². The Morgan fingerprint density at radius 2 is 2.15 bits per heavy atom. The predicted molar refractivity (Wildman–Crippen MR) is 86.2 cm³/mol. The third-order valence-corrected chi connectivity index (χ3v) is 4.04. The van der Waals surface area contributed by atoms with Gasteiger partial charge in [0.15, 0.2) is 11.7 Å². The first-order valence-electron chi connectivity index (χ1n) is 6.23. The quantitative estimate of drug-likeness (QED) is 0.822. The van der Waals surface area contributed by atoms with Crippen molar-refractivity contribution in [1.82, 2.24) is 10.2 Å². The number of amides is 1. The summed E-state index contributed by atoms with van der Waals surface area (Å²) in [5, 5.41) is 3.59. The average Bonchev–Trinajstić information content (AvgIpc) is 2.91. The van der Waals surface area contributed by atoms with Crippen molar-refractivity contribution in [2.75, 3.05) is 19.7 Å². The zero-order valence-corrected chi connectivity index (χ0v) is 13.9. The SMILES string of the molecule is O=C(COc1ccc(Br)cc1Cl)NC(=S)N1CCCC1. The van der Waals surface area contributed by atoms with E-state index in [0.29, 0.717) is 15.9 Å². The largest absolute Gasteiger partial charge is 0.482 e. The number of hydrogen-bond acceptors (Lipinski definition) is 3. The Morgan fingerprint density at radius 3 is 2.80 bits per heavy atom. The first kappa shape index (κ1) is 15.5. The molecule has 1 aromatic rings. The van der Waals surface area contributed by atoms with E-state index in [2.05, 4.69) is 21.2 Å². The molecule has 1 aromatic carbocycles. The summed E-state index contributed by atoms with van der Waals surface area (Å²) in [5.74, 6) is 0.193. The number of ether oxygens (including phenoxy) is 1. The Hall–Kier alpha value is -0.850. The minimum Gasteiger partial charge on any atom is -0.482 e. The van der Waals surface area contributed by atoms with Gasteiger partial charge in [-0.05, 0) is 43.3 Å². The smallest absolute Gasteiger partial charge is 0.264 e. The van der Waals surface area contributed by atoms with Gasteiger partial charge in [-0.25, -0.2) is 0 Å². The van der Waals surface area contributed by atoms with Gasteiger partial charge in [0.25, 0.3) is 5.91 Å². The number of thiocarbonyl (C=S) groups is 1. The van der Waals surface area contributed by atoms with Crippen LogP contribution in [0.3, 0.4) is 0 Å². The van der Waals surface area contributed by atoms with Crippen LogP contribution in [-0.2, 0) is 4.79 Å². The molecule has 0 unspecified atom stereocenters. The lowest BCUT2D eigenvalue weighted by Gasteiger charge is -2.18. The zero-order chi connectivity index (χ0) is 14.5. The van der Waals surface area contributed by atoms with Crippen molar-refractivity contribution in [3.63, 3.8) is 0 Å². The van der Waals surface area contributed by atoms with Crippen LogP contribution in [0.15, 0.2) is 22.7 Å². The fourth-order valence-electron chi connectivity index (χ4n) is 1.89. The lowest BCUT2D eigenvalue weighted by Crippen LogP contribution is -2.42. The van der Waals surface area contributed by atoms with E-state index in [0.717, 1.165) is 30.4 Å². The van der Waals surface area contributed by atoms with Crippen LogP contribution in [0.4, 0.5) is 0 Å². The Balaban J connectivity index is 1.81. The van der Waals surface area contributed by atoms with Gasteiger partial charge in [-0.1, -0.05) is 27.5 Å². The van der Waals surface area contributed by atoms with Gasteiger partial charge in [-0.2, -0.15) is 0 Å². The molecule has 20 heavy (non-hydrogen) atoms. The van der Waals surface area contributed by atoms with Crippen LogP contribution < -0.4 is 10.1 Å². The van der Waals surface area contributed by atoms with E-state index in [1.165, 1.54) is 0 Å².